The average Bonchev–Trinajstić information content (AvgIpc) is 2.36. The summed E-state index contributed by atoms with van der Waals surface area (Å²) in [6.45, 7) is 4.87. The van der Waals surface area contributed by atoms with Gasteiger partial charge in [-0.2, -0.15) is 0 Å². The molecule has 20 heavy (non-hydrogen) atoms. The van der Waals surface area contributed by atoms with Crippen LogP contribution in [0.3, 0.4) is 0 Å². The summed E-state index contributed by atoms with van der Waals surface area (Å²) in [5.74, 6) is 1.13. The molecule has 0 saturated heterocycles. The Balaban J connectivity index is 2.20. The number of aromatic nitrogens is 1. The molecule has 1 N–H and O–H groups in total. The van der Waals surface area contributed by atoms with Crippen LogP contribution >= 0.6 is 23.2 Å². The first-order valence-corrected chi connectivity index (χ1v) is 7.11. The SMILES string of the molecule is CC(C)NCc1cccnc1Oc1cc(Cl)cc(Cl)c1. The Labute approximate surface area is 128 Å². The highest BCUT2D eigenvalue weighted by molar-refractivity contribution is 6.34. The van der Waals surface area contributed by atoms with E-state index in [9.17, 15) is 0 Å². The maximum absolute atomic E-state index is 5.96. The Morgan fingerprint density at radius 3 is 2.55 bits per heavy atom. The molecule has 1 aromatic heterocycles. The molecule has 1 heterocycles. The maximum atomic E-state index is 5.96. The van der Waals surface area contributed by atoms with E-state index in [0.29, 0.717) is 34.3 Å². The van der Waals surface area contributed by atoms with Crippen molar-refractivity contribution < 1.29 is 4.74 Å². The maximum Gasteiger partial charge on any atom is 0.223 e. The standard InChI is InChI=1S/C15H16Cl2N2O/c1-10(2)19-9-11-4-3-5-18-15(11)20-14-7-12(16)6-13(17)8-14/h3-8,10,19H,9H2,1-2H3. The van der Waals surface area contributed by atoms with Gasteiger partial charge in [0.05, 0.1) is 0 Å². The van der Waals surface area contributed by atoms with Crippen molar-refractivity contribution in [2.45, 2.75) is 26.4 Å². The van der Waals surface area contributed by atoms with Crippen LogP contribution in [0.25, 0.3) is 0 Å². The first-order valence-electron chi connectivity index (χ1n) is 6.36. The van der Waals surface area contributed by atoms with Gasteiger partial charge in [-0.05, 0) is 24.3 Å². The van der Waals surface area contributed by atoms with E-state index < -0.39 is 0 Å². The lowest BCUT2D eigenvalue weighted by Gasteiger charge is -2.12. The van der Waals surface area contributed by atoms with E-state index in [0.717, 1.165) is 5.56 Å². The summed E-state index contributed by atoms with van der Waals surface area (Å²) in [5, 5.41) is 4.40. The van der Waals surface area contributed by atoms with Crippen LogP contribution in [-0.2, 0) is 6.54 Å². The monoisotopic (exact) mass is 310 g/mol. The van der Waals surface area contributed by atoms with Gasteiger partial charge in [0.2, 0.25) is 5.88 Å². The first kappa shape index (κ1) is 15.1. The molecule has 0 amide bonds. The normalized spacial score (nSPS) is 10.8. The van der Waals surface area contributed by atoms with Crippen LogP contribution in [0.1, 0.15) is 19.4 Å². The van der Waals surface area contributed by atoms with Crippen LogP contribution in [0.5, 0.6) is 11.6 Å². The molecule has 0 radical (unpaired) electrons. The summed E-state index contributed by atoms with van der Waals surface area (Å²) in [6, 6.07) is 9.33. The Morgan fingerprint density at radius 1 is 1.20 bits per heavy atom. The predicted molar refractivity (Wildman–Crippen MR) is 82.7 cm³/mol. The summed E-state index contributed by atoms with van der Waals surface area (Å²) in [6.07, 6.45) is 1.69. The zero-order valence-corrected chi connectivity index (χ0v) is 12.9. The van der Waals surface area contributed by atoms with Crippen molar-refractivity contribution in [3.05, 3.63) is 52.1 Å². The van der Waals surface area contributed by atoms with Crippen LogP contribution in [0.15, 0.2) is 36.5 Å². The molecule has 106 valence electrons. The van der Waals surface area contributed by atoms with Gasteiger partial charge in [0.1, 0.15) is 5.75 Å². The number of benzene rings is 1. The van der Waals surface area contributed by atoms with Gasteiger partial charge >= 0.3 is 0 Å². The molecule has 0 saturated carbocycles. The fourth-order valence-corrected chi connectivity index (χ4v) is 2.17. The third-order valence-corrected chi connectivity index (χ3v) is 3.04. The highest BCUT2D eigenvalue weighted by atomic mass is 35.5. The molecule has 0 fully saturated rings. The summed E-state index contributed by atoms with van der Waals surface area (Å²) < 4.78 is 5.78. The number of hydrogen-bond donors (Lipinski definition) is 1. The minimum atomic E-state index is 0.392. The van der Waals surface area contributed by atoms with Crippen molar-refractivity contribution in [3.8, 4) is 11.6 Å². The molecule has 0 bridgehead atoms. The molecule has 2 aromatic rings. The summed E-state index contributed by atoms with van der Waals surface area (Å²) in [7, 11) is 0. The minimum Gasteiger partial charge on any atom is -0.439 e. The molecule has 0 aliphatic rings. The summed E-state index contributed by atoms with van der Waals surface area (Å²) in [5.41, 5.74) is 0.984. The fraction of sp³-hybridized carbons (Fsp3) is 0.267. The minimum absolute atomic E-state index is 0.392. The smallest absolute Gasteiger partial charge is 0.223 e. The second-order valence-electron chi connectivity index (χ2n) is 4.71. The third kappa shape index (κ3) is 4.37. The van der Waals surface area contributed by atoms with Gasteiger partial charge in [-0.1, -0.05) is 43.1 Å². The molecule has 3 nitrogen and oxygen atoms in total. The number of nitrogens with zero attached hydrogens (tertiary/aromatic N) is 1. The highest BCUT2D eigenvalue weighted by Gasteiger charge is 2.08. The number of ether oxygens (including phenoxy) is 1. The Morgan fingerprint density at radius 2 is 1.90 bits per heavy atom. The van der Waals surface area contributed by atoms with Gasteiger partial charge in [-0.15, -0.1) is 0 Å². The predicted octanol–water partition coefficient (Wildman–Crippen LogP) is 4.68. The molecule has 1 aromatic carbocycles. The summed E-state index contributed by atoms with van der Waals surface area (Å²) in [4.78, 5) is 4.26. The topological polar surface area (TPSA) is 34.2 Å². The first-order chi connectivity index (χ1) is 9.54. The number of nitrogens with one attached hydrogen (secondary N) is 1. The van der Waals surface area contributed by atoms with Crippen molar-refractivity contribution in [2.24, 2.45) is 0 Å². The van der Waals surface area contributed by atoms with E-state index in [4.69, 9.17) is 27.9 Å². The van der Waals surface area contributed by atoms with Crippen molar-refractivity contribution in [3.63, 3.8) is 0 Å². The highest BCUT2D eigenvalue weighted by Crippen LogP contribution is 2.28. The van der Waals surface area contributed by atoms with Crippen LogP contribution < -0.4 is 10.1 Å². The number of rotatable bonds is 5. The summed E-state index contributed by atoms with van der Waals surface area (Å²) >= 11 is 11.9. The van der Waals surface area contributed by atoms with Crippen molar-refractivity contribution in [1.29, 1.82) is 0 Å². The fourth-order valence-electron chi connectivity index (χ4n) is 1.66. The molecule has 0 aliphatic heterocycles. The molecule has 0 unspecified atom stereocenters. The Bertz CT molecular complexity index is 568. The van der Waals surface area contributed by atoms with E-state index in [1.54, 1.807) is 24.4 Å². The van der Waals surface area contributed by atoms with E-state index in [-0.39, 0.29) is 0 Å². The second-order valence-corrected chi connectivity index (χ2v) is 5.58. The van der Waals surface area contributed by atoms with Crippen LogP contribution in [-0.4, -0.2) is 11.0 Å². The van der Waals surface area contributed by atoms with Crippen molar-refractivity contribution in [2.75, 3.05) is 0 Å². The molecule has 2 rings (SSSR count). The van der Waals surface area contributed by atoms with Gasteiger partial charge in [0, 0.05) is 34.4 Å². The molecule has 5 heteroatoms. The van der Waals surface area contributed by atoms with E-state index in [2.05, 4.69) is 24.1 Å². The van der Waals surface area contributed by atoms with Crippen LogP contribution in [0.2, 0.25) is 10.0 Å². The Hall–Kier alpha value is -1.29. The van der Waals surface area contributed by atoms with E-state index in [1.807, 2.05) is 12.1 Å². The number of halogens is 2. The lowest BCUT2D eigenvalue weighted by molar-refractivity contribution is 0.450. The third-order valence-electron chi connectivity index (χ3n) is 2.60. The molecular weight excluding hydrogens is 295 g/mol. The van der Waals surface area contributed by atoms with Gasteiger partial charge in [-0.25, -0.2) is 4.98 Å². The largest absolute Gasteiger partial charge is 0.439 e. The zero-order valence-electron chi connectivity index (χ0n) is 11.4. The number of hydrogen-bond acceptors (Lipinski definition) is 3. The van der Waals surface area contributed by atoms with Gasteiger partial charge in [0.15, 0.2) is 0 Å². The van der Waals surface area contributed by atoms with E-state index >= 15 is 0 Å². The molecular formula is C15H16Cl2N2O. The lowest BCUT2D eigenvalue weighted by atomic mass is 10.2. The van der Waals surface area contributed by atoms with Crippen molar-refractivity contribution >= 4 is 23.2 Å². The second kappa shape index (κ2) is 6.93. The lowest BCUT2D eigenvalue weighted by Crippen LogP contribution is -2.22. The average molecular weight is 311 g/mol. The number of pyridine rings is 1. The van der Waals surface area contributed by atoms with Gasteiger partial charge in [-0.3, -0.25) is 0 Å². The molecule has 0 atom stereocenters. The van der Waals surface area contributed by atoms with Gasteiger partial charge in [0.25, 0.3) is 0 Å². The molecule has 0 aliphatic carbocycles. The van der Waals surface area contributed by atoms with Crippen LogP contribution in [0.4, 0.5) is 0 Å². The van der Waals surface area contributed by atoms with E-state index in [1.165, 1.54) is 0 Å². The van der Waals surface area contributed by atoms with Crippen LogP contribution in [0, 0.1) is 0 Å². The zero-order chi connectivity index (χ0) is 14.5. The molecule has 0 spiro atoms. The van der Waals surface area contributed by atoms with Gasteiger partial charge < -0.3 is 10.1 Å². The van der Waals surface area contributed by atoms with Crippen molar-refractivity contribution in [1.82, 2.24) is 10.3 Å². The Kier molecular flexibility index (Phi) is 5.24. The quantitative estimate of drug-likeness (QED) is 0.870.